The smallest absolute Gasteiger partial charge is 0.408 e. The number of aliphatic hydroxyl groups is 2. The fourth-order valence-electron chi connectivity index (χ4n) is 4.38. The van der Waals surface area contributed by atoms with Crippen molar-refractivity contribution < 1.29 is 29.3 Å². The van der Waals surface area contributed by atoms with E-state index in [-0.39, 0.29) is 25.5 Å². The average Bonchev–Trinajstić information content (AvgIpc) is 3.26. The number of nitrogens with one attached hydrogen (secondary N) is 2. The molecule has 0 unspecified atom stereocenters. The molecule has 4 atom stereocenters. The number of aliphatic hydroxyl groups excluding tert-OH is 2. The van der Waals surface area contributed by atoms with Gasteiger partial charge in [0.05, 0.1) is 18.8 Å². The summed E-state index contributed by atoms with van der Waals surface area (Å²) in [4.78, 5) is 44.5. The number of hydrogen-bond donors (Lipinski definition) is 4. The first kappa shape index (κ1) is 29.1. The molecule has 1 aromatic heterocycles. The third kappa shape index (κ3) is 7.52. The van der Waals surface area contributed by atoms with Gasteiger partial charge in [0, 0.05) is 25.4 Å². The number of hydrogen-bond acceptors (Lipinski definition) is 7. The van der Waals surface area contributed by atoms with Crippen molar-refractivity contribution in [2.24, 2.45) is 5.92 Å². The van der Waals surface area contributed by atoms with Gasteiger partial charge in [-0.15, -0.1) is 0 Å². The molecule has 38 heavy (non-hydrogen) atoms. The maximum absolute atomic E-state index is 13.5. The van der Waals surface area contributed by atoms with Crippen LogP contribution in [0.2, 0.25) is 0 Å². The third-order valence-electron chi connectivity index (χ3n) is 6.28. The number of alkyl carbamates (subject to hydrolysis) is 1. The zero-order valence-corrected chi connectivity index (χ0v) is 22.5. The van der Waals surface area contributed by atoms with Crippen molar-refractivity contribution in [1.82, 2.24) is 20.5 Å². The first-order valence-corrected chi connectivity index (χ1v) is 12.8. The minimum absolute atomic E-state index is 0.0419. The van der Waals surface area contributed by atoms with Crippen LogP contribution in [0.1, 0.15) is 52.6 Å². The summed E-state index contributed by atoms with van der Waals surface area (Å²) in [7, 11) is 0. The number of pyridine rings is 1. The SMILES string of the molecule is CC(C)[C@H](NC(=O)OC(C)(C)C)C(=O)N1C[C@H](O)C[C@H]1C(=O)N[C@@H](CO)c1ccc(-c2cccnc2)cc1. The molecule has 0 bridgehead atoms. The lowest BCUT2D eigenvalue weighted by Gasteiger charge is -2.31. The first-order chi connectivity index (χ1) is 17.9. The van der Waals surface area contributed by atoms with E-state index in [1.165, 1.54) is 4.90 Å². The normalized spacial score (nSPS) is 19.1. The van der Waals surface area contributed by atoms with E-state index in [0.717, 1.165) is 11.1 Å². The van der Waals surface area contributed by atoms with Crippen LogP contribution in [0.15, 0.2) is 48.8 Å². The molecule has 3 amide bonds. The van der Waals surface area contributed by atoms with Crippen LogP contribution in [0.5, 0.6) is 0 Å². The predicted molar refractivity (Wildman–Crippen MR) is 142 cm³/mol. The maximum Gasteiger partial charge on any atom is 0.408 e. The van der Waals surface area contributed by atoms with Crippen LogP contribution in [0.25, 0.3) is 11.1 Å². The maximum atomic E-state index is 13.5. The summed E-state index contributed by atoms with van der Waals surface area (Å²) >= 11 is 0. The number of rotatable bonds is 8. The zero-order valence-electron chi connectivity index (χ0n) is 22.5. The molecular weight excluding hydrogens is 488 g/mol. The summed E-state index contributed by atoms with van der Waals surface area (Å²) in [6, 6.07) is 8.56. The van der Waals surface area contributed by atoms with Crippen LogP contribution < -0.4 is 10.6 Å². The summed E-state index contributed by atoms with van der Waals surface area (Å²) in [5.74, 6) is -1.27. The molecule has 1 saturated heterocycles. The largest absolute Gasteiger partial charge is 0.444 e. The van der Waals surface area contributed by atoms with Gasteiger partial charge in [-0.1, -0.05) is 44.2 Å². The van der Waals surface area contributed by atoms with E-state index in [2.05, 4.69) is 15.6 Å². The van der Waals surface area contributed by atoms with Crippen LogP contribution in [0.3, 0.4) is 0 Å². The lowest BCUT2D eigenvalue weighted by atomic mass is 10.0. The molecule has 0 saturated carbocycles. The van der Waals surface area contributed by atoms with E-state index in [0.29, 0.717) is 5.56 Å². The van der Waals surface area contributed by atoms with E-state index >= 15 is 0 Å². The number of ether oxygens (including phenoxy) is 1. The summed E-state index contributed by atoms with van der Waals surface area (Å²) in [5, 5.41) is 25.8. The number of benzene rings is 1. The van der Waals surface area contributed by atoms with Crippen LogP contribution in [-0.2, 0) is 14.3 Å². The second-order valence-corrected chi connectivity index (χ2v) is 10.9. The van der Waals surface area contributed by atoms with Gasteiger partial charge >= 0.3 is 6.09 Å². The zero-order chi connectivity index (χ0) is 28.0. The van der Waals surface area contributed by atoms with Gasteiger partial charge < -0.3 is 30.5 Å². The van der Waals surface area contributed by atoms with Crippen LogP contribution >= 0.6 is 0 Å². The fraction of sp³-hybridized carbons (Fsp3) is 0.500. The molecular formula is C28H38N4O6. The molecule has 3 rings (SSSR count). The Hall–Kier alpha value is -3.50. The summed E-state index contributed by atoms with van der Waals surface area (Å²) in [5.41, 5.74) is 1.84. The monoisotopic (exact) mass is 526 g/mol. The lowest BCUT2D eigenvalue weighted by molar-refractivity contribution is -0.141. The minimum atomic E-state index is -0.956. The molecule has 0 radical (unpaired) electrons. The highest BCUT2D eigenvalue weighted by Gasteiger charge is 2.43. The van der Waals surface area contributed by atoms with E-state index in [4.69, 9.17) is 4.74 Å². The number of amides is 3. The van der Waals surface area contributed by atoms with Gasteiger partial charge in [-0.3, -0.25) is 14.6 Å². The summed E-state index contributed by atoms with van der Waals surface area (Å²) in [6.45, 7) is 8.33. The minimum Gasteiger partial charge on any atom is -0.444 e. The van der Waals surface area contributed by atoms with E-state index in [1.807, 2.05) is 36.4 Å². The van der Waals surface area contributed by atoms with Crippen molar-refractivity contribution in [3.63, 3.8) is 0 Å². The second-order valence-electron chi connectivity index (χ2n) is 10.9. The quantitative estimate of drug-likeness (QED) is 0.414. The van der Waals surface area contributed by atoms with E-state index < -0.39 is 47.7 Å². The number of β-amino-alcohol motifs (C(OH)–C–C–N with tert-alkyl or cyclic N) is 1. The Bertz CT molecular complexity index is 1100. The van der Waals surface area contributed by atoms with Gasteiger partial charge in [-0.2, -0.15) is 0 Å². The molecule has 1 aliphatic heterocycles. The standard InChI is InChI=1S/C28H38N4O6/c1-17(2)24(31-27(37)38-28(3,4)5)26(36)32-15-21(34)13-23(32)25(35)30-22(16-33)19-10-8-18(9-11-19)20-7-6-12-29-14-20/h6-12,14,17,21-24,33-34H,13,15-16H2,1-5H3,(H,30,35)(H,31,37)/t21-,22+,23+,24+/m1/s1. The van der Waals surface area contributed by atoms with Crippen molar-refractivity contribution in [3.8, 4) is 11.1 Å². The highest BCUT2D eigenvalue weighted by Crippen LogP contribution is 2.24. The van der Waals surface area contributed by atoms with Gasteiger partial charge in [0.2, 0.25) is 11.8 Å². The van der Waals surface area contributed by atoms with Crippen molar-refractivity contribution in [3.05, 3.63) is 54.4 Å². The van der Waals surface area contributed by atoms with Gasteiger partial charge in [-0.05, 0) is 49.4 Å². The highest BCUT2D eigenvalue weighted by atomic mass is 16.6. The van der Waals surface area contributed by atoms with E-state index in [1.54, 1.807) is 47.0 Å². The highest BCUT2D eigenvalue weighted by molar-refractivity contribution is 5.92. The molecule has 1 aromatic carbocycles. The number of aromatic nitrogens is 1. The molecule has 206 valence electrons. The lowest BCUT2D eigenvalue weighted by Crippen LogP contribution is -2.56. The Balaban J connectivity index is 1.72. The first-order valence-electron chi connectivity index (χ1n) is 12.8. The van der Waals surface area contributed by atoms with Crippen molar-refractivity contribution >= 4 is 17.9 Å². The van der Waals surface area contributed by atoms with E-state index in [9.17, 15) is 24.6 Å². The molecule has 0 aliphatic carbocycles. The molecule has 10 heteroatoms. The van der Waals surface area contributed by atoms with Gasteiger partial charge in [-0.25, -0.2) is 4.79 Å². The Morgan fingerprint density at radius 1 is 1.11 bits per heavy atom. The summed E-state index contributed by atoms with van der Waals surface area (Å²) in [6.07, 6.45) is 1.86. The number of carbonyl (C=O) groups excluding carboxylic acids is 3. The average molecular weight is 527 g/mol. The molecule has 1 fully saturated rings. The Morgan fingerprint density at radius 2 is 1.79 bits per heavy atom. The number of likely N-dealkylation sites (tertiary alicyclic amines) is 1. The fourth-order valence-corrected chi connectivity index (χ4v) is 4.38. The van der Waals surface area contributed by atoms with Crippen LogP contribution in [0.4, 0.5) is 4.79 Å². The second kappa shape index (κ2) is 12.4. The molecule has 2 heterocycles. The van der Waals surface area contributed by atoms with Gasteiger partial charge in [0.1, 0.15) is 17.7 Å². The van der Waals surface area contributed by atoms with Gasteiger partial charge in [0.15, 0.2) is 0 Å². The number of nitrogens with zero attached hydrogens (tertiary/aromatic N) is 2. The predicted octanol–water partition coefficient (Wildman–Crippen LogP) is 2.41. The Labute approximate surface area is 223 Å². The van der Waals surface area contributed by atoms with Crippen LogP contribution in [0, 0.1) is 5.92 Å². The molecule has 10 nitrogen and oxygen atoms in total. The van der Waals surface area contributed by atoms with Crippen molar-refractivity contribution in [2.45, 2.75) is 70.9 Å². The Morgan fingerprint density at radius 3 is 2.34 bits per heavy atom. The summed E-state index contributed by atoms with van der Waals surface area (Å²) < 4.78 is 5.30. The number of carbonyl (C=O) groups is 3. The van der Waals surface area contributed by atoms with Gasteiger partial charge in [0.25, 0.3) is 0 Å². The van der Waals surface area contributed by atoms with Crippen molar-refractivity contribution in [2.75, 3.05) is 13.2 Å². The topological polar surface area (TPSA) is 141 Å². The Kier molecular flexibility index (Phi) is 9.45. The van der Waals surface area contributed by atoms with Crippen LogP contribution in [-0.4, -0.2) is 74.9 Å². The molecule has 1 aliphatic rings. The molecule has 4 N–H and O–H groups in total. The molecule has 2 aromatic rings. The molecule has 0 spiro atoms. The van der Waals surface area contributed by atoms with Crippen molar-refractivity contribution in [1.29, 1.82) is 0 Å². The third-order valence-corrected chi connectivity index (χ3v) is 6.28.